The highest BCUT2D eigenvalue weighted by molar-refractivity contribution is 7.89. The monoisotopic (exact) mass is 359 g/mol. The third-order valence-electron chi connectivity index (χ3n) is 4.64. The first-order valence-electron chi connectivity index (χ1n) is 8.55. The van der Waals surface area contributed by atoms with Crippen LogP contribution >= 0.6 is 0 Å². The van der Waals surface area contributed by atoms with Crippen molar-refractivity contribution in [2.45, 2.75) is 37.2 Å². The third kappa shape index (κ3) is 3.37. The molecular formula is C19H21NO4S. The first-order chi connectivity index (χ1) is 12.0. The van der Waals surface area contributed by atoms with Crippen molar-refractivity contribution in [3.63, 3.8) is 0 Å². The van der Waals surface area contributed by atoms with Gasteiger partial charge in [-0.15, -0.1) is 0 Å². The van der Waals surface area contributed by atoms with E-state index in [0.29, 0.717) is 17.9 Å². The van der Waals surface area contributed by atoms with Crippen molar-refractivity contribution < 1.29 is 17.9 Å². The van der Waals surface area contributed by atoms with Gasteiger partial charge in [0.2, 0.25) is 10.0 Å². The molecule has 0 aromatic heterocycles. The summed E-state index contributed by atoms with van der Waals surface area (Å²) in [7, 11) is -3.51. The smallest absolute Gasteiger partial charge is 0.240 e. The van der Waals surface area contributed by atoms with Crippen LogP contribution in [-0.4, -0.2) is 27.7 Å². The Kier molecular flexibility index (Phi) is 4.17. The first kappa shape index (κ1) is 16.4. The topological polar surface area (TPSA) is 64.6 Å². The first-order valence-corrected chi connectivity index (χ1v) is 10.0. The predicted molar refractivity (Wildman–Crippen MR) is 94.8 cm³/mol. The molecule has 2 aliphatic rings. The van der Waals surface area contributed by atoms with Crippen LogP contribution in [0.5, 0.6) is 11.5 Å². The minimum Gasteiger partial charge on any atom is -0.493 e. The summed E-state index contributed by atoms with van der Waals surface area (Å²) in [4.78, 5) is 0.298. The lowest BCUT2D eigenvalue weighted by Crippen LogP contribution is -2.26. The number of sulfonamides is 1. The van der Waals surface area contributed by atoms with Crippen LogP contribution in [0.4, 0.5) is 0 Å². The zero-order chi connectivity index (χ0) is 17.4. The molecule has 0 fully saturated rings. The molecule has 0 unspecified atom stereocenters. The number of fused-ring (bicyclic) bond motifs is 2. The van der Waals surface area contributed by atoms with Crippen LogP contribution < -0.4 is 14.2 Å². The highest BCUT2D eigenvalue weighted by Gasteiger charge is 2.22. The van der Waals surface area contributed by atoms with E-state index in [1.165, 1.54) is 5.56 Å². The van der Waals surface area contributed by atoms with E-state index in [1.54, 1.807) is 18.2 Å². The molecule has 0 aliphatic carbocycles. The van der Waals surface area contributed by atoms with E-state index in [0.717, 1.165) is 42.1 Å². The minimum absolute atomic E-state index is 0.102. The molecule has 2 aromatic carbocycles. The van der Waals surface area contributed by atoms with Gasteiger partial charge in [-0.1, -0.05) is 12.1 Å². The molecule has 25 heavy (non-hydrogen) atoms. The fourth-order valence-corrected chi connectivity index (χ4v) is 4.46. The van der Waals surface area contributed by atoms with E-state index in [2.05, 4.69) is 10.8 Å². The van der Waals surface area contributed by atoms with Crippen LogP contribution in [0, 0.1) is 0 Å². The molecule has 0 spiro atoms. The maximum absolute atomic E-state index is 12.5. The van der Waals surface area contributed by atoms with E-state index < -0.39 is 10.0 Å². The molecule has 0 radical (unpaired) electrons. The molecule has 1 atom stereocenters. The molecule has 0 saturated heterocycles. The molecule has 6 heteroatoms. The van der Waals surface area contributed by atoms with Gasteiger partial charge in [0, 0.05) is 19.4 Å². The Balaban J connectivity index is 1.41. The molecule has 1 N–H and O–H groups in total. The summed E-state index contributed by atoms with van der Waals surface area (Å²) in [5.41, 5.74) is 3.27. The highest BCUT2D eigenvalue weighted by Crippen LogP contribution is 2.30. The number of nitrogens with one attached hydrogen (secondary N) is 1. The maximum Gasteiger partial charge on any atom is 0.240 e. The highest BCUT2D eigenvalue weighted by atomic mass is 32.2. The summed E-state index contributed by atoms with van der Waals surface area (Å²) in [5.74, 6) is 1.73. The summed E-state index contributed by atoms with van der Waals surface area (Å²) in [5, 5.41) is 0. The van der Waals surface area contributed by atoms with Gasteiger partial charge in [0.05, 0.1) is 11.5 Å². The molecule has 2 aliphatic heterocycles. The Labute approximate surface area is 148 Å². The lowest BCUT2D eigenvalue weighted by Gasteiger charge is -2.09. The van der Waals surface area contributed by atoms with Gasteiger partial charge in [-0.25, -0.2) is 13.1 Å². The molecular weight excluding hydrogens is 338 g/mol. The van der Waals surface area contributed by atoms with E-state index in [4.69, 9.17) is 9.47 Å². The van der Waals surface area contributed by atoms with Crippen LogP contribution in [0.3, 0.4) is 0 Å². The van der Waals surface area contributed by atoms with Crippen LogP contribution in [0.1, 0.15) is 23.6 Å². The maximum atomic E-state index is 12.5. The van der Waals surface area contributed by atoms with Crippen LogP contribution in [-0.2, 0) is 29.3 Å². The summed E-state index contributed by atoms with van der Waals surface area (Å²) < 4.78 is 38.8. The number of rotatable bonds is 5. The number of benzene rings is 2. The average molecular weight is 359 g/mol. The summed E-state index contributed by atoms with van der Waals surface area (Å²) in [6.45, 7) is 3.08. The van der Waals surface area contributed by atoms with Gasteiger partial charge in [-0.3, -0.25) is 0 Å². The second-order valence-electron chi connectivity index (χ2n) is 6.59. The van der Waals surface area contributed by atoms with E-state index >= 15 is 0 Å². The summed E-state index contributed by atoms with van der Waals surface area (Å²) >= 11 is 0. The van der Waals surface area contributed by atoms with Crippen LogP contribution in [0.2, 0.25) is 0 Å². The van der Waals surface area contributed by atoms with Gasteiger partial charge < -0.3 is 9.47 Å². The van der Waals surface area contributed by atoms with Gasteiger partial charge in [-0.2, -0.15) is 0 Å². The molecule has 0 saturated carbocycles. The molecule has 0 bridgehead atoms. The second-order valence-corrected chi connectivity index (χ2v) is 8.36. The van der Waals surface area contributed by atoms with Crippen molar-refractivity contribution >= 4 is 10.0 Å². The van der Waals surface area contributed by atoms with E-state index in [9.17, 15) is 8.42 Å². The number of hydrogen-bond donors (Lipinski definition) is 1. The fourth-order valence-electron chi connectivity index (χ4n) is 3.37. The van der Waals surface area contributed by atoms with Gasteiger partial charge in [0.1, 0.15) is 17.6 Å². The zero-order valence-corrected chi connectivity index (χ0v) is 14.9. The zero-order valence-electron chi connectivity index (χ0n) is 14.1. The van der Waals surface area contributed by atoms with E-state index in [1.807, 2.05) is 19.1 Å². The largest absolute Gasteiger partial charge is 0.493 e. The summed E-state index contributed by atoms with van der Waals surface area (Å²) in [6, 6.07) is 11.1. The van der Waals surface area contributed by atoms with Crippen LogP contribution in [0.15, 0.2) is 41.3 Å². The Morgan fingerprint density at radius 1 is 1.12 bits per heavy atom. The fraction of sp³-hybridized carbons (Fsp3) is 0.368. The van der Waals surface area contributed by atoms with Crippen LogP contribution in [0.25, 0.3) is 0 Å². The molecule has 2 aromatic rings. The van der Waals surface area contributed by atoms with Crippen molar-refractivity contribution in [1.82, 2.24) is 4.72 Å². The second kappa shape index (κ2) is 6.35. The Morgan fingerprint density at radius 2 is 1.96 bits per heavy atom. The molecule has 5 nitrogen and oxygen atoms in total. The Bertz CT molecular complexity index is 908. The van der Waals surface area contributed by atoms with Gasteiger partial charge in [0.15, 0.2) is 0 Å². The average Bonchev–Trinajstić information content (AvgIpc) is 3.18. The molecule has 0 amide bonds. The molecule has 2 heterocycles. The molecule has 132 valence electrons. The molecule has 4 rings (SSSR count). The van der Waals surface area contributed by atoms with Gasteiger partial charge in [-0.05, 0) is 54.3 Å². The van der Waals surface area contributed by atoms with Crippen molar-refractivity contribution in [1.29, 1.82) is 0 Å². The summed E-state index contributed by atoms with van der Waals surface area (Å²) in [6.07, 6.45) is 2.42. The number of hydrogen-bond acceptors (Lipinski definition) is 4. The lowest BCUT2D eigenvalue weighted by atomic mass is 10.1. The van der Waals surface area contributed by atoms with E-state index in [-0.39, 0.29) is 6.10 Å². The SMILES string of the molecule is C[C@@H]1Cc2cc(S(=O)(=O)NCCc3ccc4c(c3)CCO4)ccc2O1. The lowest BCUT2D eigenvalue weighted by molar-refractivity contribution is 0.254. The predicted octanol–water partition coefficient (Wildman–Crippen LogP) is 2.47. The van der Waals surface area contributed by atoms with Gasteiger partial charge in [0.25, 0.3) is 0 Å². The van der Waals surface area contributed by atoms with Crippen molar-refractivity contribution in [2.75, 3.05) is 13.2 Å². The number of ether oxygens (including phenoxy) is 2. The normalized spacial score (nSPS) is 18.4. The van der Waals surface area contributed by atoms with Crippen molar-refractivity contribution in [2.24, 2.45) is 0 Å². The Morgan fingerprint density at radius 3 is 2.84 bits per heavy atom. The quantitative estimate of drug-likeness (QED) is 0.891. The minimum atomic E-state index is -3.51. The van der Waals surface area contributed by atoms with Crippen molar-refractivity contribution in [3.05, 3.63) is 53.1 Å². The Hall–Kier alpha value is -2.05. The standard InChI is InChI=1S/C19H21NO4S/c1-13-10-16-12-17(3-5-19(16)24-13)25(21,22)20-8-6-14-2-4-18-15(11-14)7-9-23-18/h2-5,11-13,20H,6-10H2,1H3/t13-/m1/s1. The third-order valence-corrected chi connectivity index (χ3v) is 6.10. The van der Waals surface area contributed by atoms with Crippen molar-refractivity contribution in [3.8, 4) is 11.5 Å². The van der Waals surface area contributed by atoms with Gasteiger partial charge >= 0.3 is 0 Å².